The van der Waals surface area contributed by atoms with E-state index in [4.69, 9.17) is 0 Å². The van der Waals surface area contributed by atoms with Gasteiger partial charge in [0.05, 0.1) is 51.4 Å². The van der Waals surface area contributed by atoms with Crippen molar-refractivity contribution in [2.45, 2.75) is 6.42 Å². The summed E-state index contributed by atoms with van der Waals surface area (Å²) in [6, 6.07) is 52.4. The van der Waals surface area contributed by atoms with Gasteiger partial charge in [-0.3, -0.25) is 0 Å². The van der Waals surface area contributed by atoms with E-state index in [1.54, 1.807) is 0 Å². The van der Waals surface area contributed by atoms with Crippen LogP contribution in [0.5, 0.6) is 0 Å². The van der Waals surface area contributed by atoms with E-state index in [1.807, 2.05) is 66.7 Å². The van der Waals surface area contributed by atoms with Crippen LogP contribution in [0.25, 0.3) is 72.4 Å². The highest BCUT2D eigenvalue weighted by molar-refractivity contribution is 6.09. The van der Waals surface area contributed by atoms with Gasteiger partial charge >= 0.3 is 0 Å². The lowest BCUT2D eigenvalue weighted by molar-refractivity contribution is 0.809. The molecule has 1 unspecified atom stereocenters. The molecule has 1 aliphatic rings. The molecule has 50 heavy (non-hydrogen) atoms. The first kappa shape index (κ1) is 29.0. The lowest BCUT2D eigenvalue weighted by Gasteiger charge is -2.21. The fourth-order valence-corrected chi connectivity index (χ4v) is 7.82. The highest BCUT2D eigenvalue weighted by Gasteiger charge is 2.26. The van der Waals surface area contributed by atoms with Crippen molar-refractivity contribution in [2.75, 3.05) is 0 Å². The van der Waals surface area contributed by atoms with E-state index in [0.717, 1.165) is 66.8 Å². The highest BCUT2D eigenvalue weighted by Crippen LogP contribution is 2.43. The van der Waals surface area contributed by atoms with Crippen molar-refractivity contribution in [1.82, 2.24) is 9.13 Å². The van der Waals surface area contributed by atoms with Crippen LogP contribution in [-0.2, 0) is 6.42 Å². The fourth-order valence-electron chi connectivity index (χ4n) is 7.82. The Balaban J connectivity index is 1.31. The van der Waals surface area contributed by atoms with Crippen molar-refractivity contribution in [1.29, 1.82) is 15.8 Å². The van der Waals surface area contributed by atoms with Crippen LogP contribution in [0.2, 0.25) is 0 Å². The van der Waals surface area contributed by atoms with Crippen LogP contribution >= 0.6 is 0 Å². The molecule has 0 saturated heterocycles. The second-order valence-corrected chi connectivity index (χ2v) is 12.6. The third-order valence-corrected chi connectivity index (χ3v) is 9.92. The lowest BCUT2D eigenvalue weighted by atomic mass is 9.88. The molecule has 0 aliphatic heterocycles. The second kappa shape index (κ2) is 11.5. The van der Waals surface area contributed by atoms with Crippen molar-refractivity contribution in [3.8, 4) is 51.8 Å². The number of hydrogen-bond acceptors (Lipinski definition) is 3. The van der Waals surface area contributed by atoms with Crippen molar-refractivity contribution in [3.05, 3.63) is 162 Å². The minimum absolute atomic E-state index is 0.215. The van der Waals surface area contributed by atoms with E-state index in [2.05, 4.69) is 106 Å². The van der Waals surface area contributed by atoms with Gasteiger partial charge in [-0.05, 0) is 71.7 Å². The molecule has 1 atom stereocenters. The topological polar surface area (TPSA) is 81.2 Å². The number of allylic oxidation sites excluding steroid dienone is 1. The van der Waals surface area contributed by atoms with Gasteiger partial charge in [-0.1, -0.05) is 97.1 Å². The molecule has 0 fully saturated rings. The zero-order valence-electron chi connectivity index (χ0n) is 26.9. The minimum Gasteiger partial charge on any atom is -0.309 e. The highest BCUT2D eigenvalue weighted by atomic mass is 15.0. The SMILES string of the molecule is N#Cc1cccc(-c2cccc(C#N)c2-n2c3c(c4ccccc42)CC(C#N)C=C3)c1-c1cccc(-n2c3ccccc3c3ccccc32)c1. The van der Waals surface area contributed by atoms with Gasteiger partial charge in [-0.15, -0.1) is 0 Å². The zero-order valence-corrected chi connectivity index (χ0v) is 26.9. The summed E-state index contributed by atoms with van der Waals surface area (Å²) in [6.07, 6.45) is 4.57. The molecule has 0 N–H and O–H groups in total. The van der Waals surface area contributed by atoms with Crippen LogP contribution in [0.3, 0.4) is 0 Å². The Morgan fingerprint density at radius 2 is 1.16 bits per heavy atom. The molecule has 0 bridgehead atoms. The first-order valence-corrected chi connectivity index (χ1v) is 16.6. The third-order valence-electron chi connectivity index (χ3n) is 9.92. The first-order valence-electron chi connectivity index (χ1n) is 16.6. The third kappa shape index (κ3) is 4.30. The number of para-hydroxylation sites is 4. The van der Waals surface area contributed by atoms with Crippen LogP contribution < -0.4 is 0 Å². The van der Waals surface area contributed by atoms with Gasteiger partial charge in [0.1, 0.15) is 6.07 Å². The molecule has 0 spiro atoms. The molecule has 6 aromatic carbocycles. The summed E-state index contributed by atoms with van der Waals surface area (Å²) in [7, 11) is 0. The lowest BCUT2D eigenvalue weighted by Crippen LogP contribution is -2.08. The number of benzene rings is 6. The van der Waals surface area contributed by atoms with Crippen LogP contribution in [-0.4, -0.2) is 9.13 Å². The molecule has 2 aromatic heterocycles. The Kier molecular flexibility index (Phi) is 6.70. The predicted molar refractivity (Wildman–Crippen MR) is 200 cm³/mol. The molecule has 0 amide bonds. The normalized spacial score (nSPS) is 13.6. The van der Waals surface area contributed by atoms with Gasteiger partial charge < -0.3 is 9.13 Å². The van der Waals surface area contributed by atoms with Crippen molar-refractivity contribution in [2.24, 2.45) is 5.92 Å². The van der Waals surface area contributed by atoms with Gasteiger partial charge in [0, 0.05) is 38.7 Å². The molecule has 0 radical (unpaired) electrons. The Morgan fingerprint density at radius 3 is 1.84 bits per heavy atom. The van der Waals surface area contributed by atoms with Gasteiger partial charge in [0.2, 0.25) is 0 Å². The standard InChI is InChI=1S/C45H27N5/c46-26-29-22-23-43-39(24-29)36-16-3-6-21-42(36)50(43)45-32(28-48)12-9-18-38(45)37-17-8-11-31(27-47)44(37)30-10-7-13-33(25-30)49-40-19-4-1-14-34(40)35-15-2-5-20-41(35)49/h1-23,25,29H,24H2. The van der Waals surface area contributed by atoms with Gasteiger partial charge in [-0.25, -0.2) is 0 Å². The van der Waals surface area contributed by atoms with Gasteiger partial charge in [-0.2, -0.15) is 15.8 Å². The van der Waals surface area contributed by atoms with Gasteiger partial charge in [0.15, 0.2) is 0 Å². The quantitative estimate of drug-likeness (QED) is 0.193. The molecule has 5 heteroatoms. The minimum atomic E-state index is -0.215. The van der Waals surface area contributed by atoms with Crippen molar-refractivity contribution >= 4 is 38.8 Å². The summed E-state index contributed by atoms with van der Waals surface area (Å²) in [5.74, 6) is -0.215. The molecule has 8 aromatic rings. The monoisotopic (exact) mass is 637 g/mol. The molecule has 1 aliphatic carbocycles. The average molecular weight is 638 g/mol. The molecule has 232 valence electrons. The first-order chi connectivity index (χ1) is 24.7. The second-order valence-electron chi connectivity index (χ2n) is 12.6. The Morgan fingerprint density at radius 1 is 0.560 bits per heavy atom. The smallest absolute Gasteiger partial charge is 0.101 e. The molecule has 5 nitrogen and oxygen atoms in total. The van der Waals surface area contributed by atoms with Crippen LogP contribution in [0, 0.1) is 39.9 Å². The van der Waals surface area contributed by atoms with E-state index in [9.17, 15) is 15.8 Å². The molecular weight excluding hydrogens is 611 g/mol. The van der Waals surface area contributed by atoms with E-state index in [1.165, 1.54) is 10.8 Å². The average Bonchev–Trinajstić information content (AvgIpc) is 3.69. The molecule has 2 heterocycles. The van der Waals surface area contributed by atoms with Crippen molar-refractivity contribution in [3.63, 3.8) is 0 Å². The largest absolute Gasteiger partial charge is 0.309 e. The Bertz CT molecular complexity index is 2790. The van der Waals surface area contributed by atoms with Crippen LogP contribution in [0.15, 0.2) is 140 Å². The summed E-state index contributed by atoms with van der Waals surface area (Å²) in [4.78, 5) is 0. The van der Waals surface area contributed by atoms with Crippen LogP contribution in [0.1, 0.15) is 22.4 Å². The number of nitrogens with zero attached hydrogens (tertiary/aromatic N) is 5. The predicted octanol–water partition coefficient (Wildman–Crippen LogP) is 10.5. The summed E-state index contributed by atoms with van der Waals surface area (Å²) < 4.78 is 4.45. The maximum Gasteiger partial charge on any atom is 0.101 e. The Labute approximate surface area is 289 Å². The Hall–Kier alpha value is -7.13. The van der Waals surface area contributed by atoms with Crippen molar-refractivity contribution < 1.29 is 0 Å². The maximum absolute atomic E-state index is 10.6. The number of aromatic nitrogens is 2. The van der Waals surface area contributed by atoms with E-state index < -0.39 is 0 Å². The van der Waals surface area contributed by atoms with E-state index in [0.29, 0.717) is 17.5 Å². The number of nitriles is 3. The zero-order chi connectivity index (χ0) is 33.8. The molecule has 9 rings (SSSR count). The fraction of sp³-hybridized carbons (Fsp3) is 0.0444. The number of hydrogen-bond donors (Lipinski definition) is 0. The molecular formula is C45H27N5. The summed E-state index contributed by atoms with van der Waals surface area (Å²) in [6.45, 7) is 0. The van der Waals surface area contributed by atoms with Gasteiger partial charge in [0.25, 0.3) is 0 Å². The maximum atomic E-state index is 10.6. The summed E-state index contributed by atoms with van der Waals surface area (Å²) >= 11 is 0. The summed E-state index contributed by atoms with van der Waals surface area (Å²) in [5, 5.41) is 34.3. The molecule has 0 saturated carbocycles. The number of rotatable bonds is 4. The van der Waals surface area contributed by atoms with E-state index in [-0.39, 0.29) is 5.92 Å². The summed E-state index contributed by atoms with van der Waals surface area (Å²) in [5.41, 5.74) is 11.5. The number of fused-ring (bicyclic) bond motifs is 6. The van der Waals surface area contributed by atoms with E-state index >= 15 is 0 Å². The van der Waals surface area contributed by atoms with Crippen LogP contribution in [0.4, 0.5) is 0 Å².